The molecule has 1 aliphatic heterocycles. The quantitative estimate of drug-likeness (QED) is 0.802. The average Bonchev–Trinajstić information content (AvgIpc) is 2.95. The number of hydrogen-bond donors (Lipinski definition) is 0. The summed E-state index contributed by atoms with van der Waals surface area (Å²) in [5.41, 5.74) is 2.18. The van der Waals surface area contributed by atoms with Crippen LogP contribution >= 0.6 is 11.6 Å². The number of aromatic nitrogens is 2. The molecule has 116 valence electrons. The minimum atomic E-state index is -3.50. The number of aryl methyl sites for hydroxylation is 1. The summed E-state index contributed by atoms with van der Waals surface area (Å²) in [6.07, 6.45) is 7.43. The van der Waals surface area contributed by atoms with Gasteiger partial charge in [-0.25, -0.2) is 4.57 Å². The molecule has 0 aliphatic carbocycles. The van der Waals surface area contributed by atoms with Crippen LogP contribution in [-0.2, 0) is 17.3 Å². The summed E-state index contributed by atoms with van der Waals surface area (Å²) in [4.78, 5) is 0. The van der Waals surface area contributed by atoms with E-state index in [0.29, 0.717) is 24.5 Å². The molecule has 0 amide bonds. The summed E-state index contributed by atoms with van der Waals surface area (Å²) in [5, 5.41) is 0.688. The van der Waals surface area contributed by atoms with Gasteiger partial charge in [-0.15, -0.1) is 3.97 Å². The van der Waals surface area contributed by atoms with Crippen molar-refractivity contribution in [1.29, 1.82) is 0 Å². The van der Waals surface area contributed by atoms with Crippen molar-refractivity contribution in [2.75, 3.05) is 13.1 Å². The lowest BCUT2D eigenvalue weighted by molar-refractivity contribution is -0.670. The van der Waals surface area contributed by atoms with Gasteiger partial charge in [0.15, 0.2) is 0 Å². The van der Waals surface area contributed by atoms with E-state index in [-0.39, 0.29) is 0 Å². The van der Waals surface area contributed by atoms with Gasteiger partial charge >= 0.3 is 10.2 Å². The van der Waals surface area contributed by atoms with Gasteiger partial charge in [0.05, 0.1) is 7.05 Å². The molecule has 22 heavy (non-hydrogen) atoms. The van der Waals surface area contributed by atoms with E-state index in [0.717, 1.165) is 11.1 Å². The lowest BCUT2D eigenvalue weighted by atomic mass is 10.0. The third kappa shape index (κ3) is 2.95. The van der Waals surface area contributed by atoms with Crippen molar-refractivity contribution in [2.45, 2.75) is 6.42 Å². The molecule has 1 aliphatic rings. The maximum absolute atomic E-state index is 12.5. The standard InChI is InChI=1S/C15H17ClN3O2S/c1-17-9-10-19(12-17)22(20,21)18-7-5-13(6-8-18)14-3-2-4-15(16)11-14/h2-5,9-12H,6-8H2,1H3/q+1. The molecule has 1 aromatic heterocycles. The number of halogens is 1. The molecule has 0 N–H and O–H groups in total. The average molecular weight is 339 g/mol. The largest absolute Gasteiger partial charge is 0.380 e. The molecular weight excluding hydrogens is 322 g/mol. The molecule has 1 aromatic carbocycles. The van der Waals surface area contributed by atoms with E-state index in [1.54, 1.807) is 30.3 Å². The highest BCUT2D eigenvalue weighted by Gasteiger charge is 2.30. The summed E-state index contributed by atoms with van der Waals surface area (Å²) in [6.45, 7) is 0.828. The van der Waals surface area contributed by atoms with Crippen molar-refractivity contribution in [3.8, 4) is 0 Å². The van der Waals surface area contributed by atoms with Crippen LogP contribution in [0.5, 0.6) is 0 Å². The maximum Gasteiger partial charge on any atom is 0.380 e. The summed E-state index contributed by atoms with van der Waals surface area (Å²) >= 11 is 6.01. The van der Waals surface area contributed by atoms with E-state index in [1.807, 2.05) is 30.3 Å². The third-order valence-electron chi connectivity index (χ3n) is 3.70. The van der Waals surface area contributed by atoms with E-state index < -0.39 is 10.2 Å². The van der Waals surface area contributed by atoms with Crippen LogP contribution in [0.1, 0.15) is 12.0 Å². The van der Waals surface area contributed by atoms with E-state index >= 15 is 0 Å². The highest BCUT2D eigenvalue weighted by atomic mass is 35.5. The van der Waals surface area contributed by atoms with Crippen LogP contribution < -0.4 is 4.57 Å². The first-order chi connectivity index (χ1) is 10.5. The van der Waals surface area contributed by atoms with Crippen molar-refractivity contribution in [3.05, 3.63) is 59.6 Å². The fourth-order valence-corrected chi connectivity index (χ4v) is 4.03. The number of benzene rings is 1. The Hall–Kier alpha value is -1.63. The molecule has 0 saturated heterocycles. The smallest absolute Gasteiger partial charge is 0.238 e. The summed E-state index contributed by atoms with van der Waals surface area (Å²) in [6, 6.07) is 7.63. The Labute approximate surface area is 135 Å². The van der Waals surface area contributed by atoms with E-state index in [2.05, 4.69) is 0 Å². The monoisotopic (exact) mass is 338 g/mol. The molecule has 0 fully saturated rings. The molecule has 5 nitrogen and oxygen atoms in total. The summed E-state index contributed by atoms with van der Waals surface area (Å²) in [7, 11) is -1.71. The third-order valence-corrected chi connectivity index (χ3v) is 5.67. The minimum absolute atomic E-state index is 0.367. The number of imidazole rings is 1. The molecule has 2 heterocycles. The summed E-state index contributed by atoms with van der Waals surface area (Å²) in [5.74, 6) is 0. The van der Waals surface area contributed by atoms with Crippen LogP contribution in [-0.4, -0.2) is 29.8 Å². The Morgan fingerprint density at radius 3 is 2.73 bits per heavy atom. The predicted molar refractivity (Wildman–Crippen MR) is 85.5 cm³/mol. The van der Waals surface area contributed by atoms with Gasteiger partial charge in [-0.3, -0.25) is 0 Å². The number of hydrogen-bond acceptors (Lipinski definition) is 2. The molecule has 0 atom stereocenters. The van der Waals surface area contributed by atoms with Crippen LogP contribution in [0, 0.1) is 0 Å². The minimum Gasteiger partial charge on any atom is -0.238 e. The van der Waals surface area contributed by atoms with Crippen LogP contribution in [0.4, 0.5) is 0 Å². The fraction of sp³-hybridized carbons (Fsp3) is 0.267. The van der Waals surface area contributed by atoms with Crippen LogP contribution in [0.15, 0.2) is 49.1 Å². The normalized spacial score (nSPS) is 16.5. The van der Waals surface area contributed by atoms with Gasteiger partial charge in [0.1, 0.15) is 12.4 Å². The van der Waals surface area contributed by atoms with Crippen molar-refractivity contribution < 1.29 is 13.0 Å². The molecule has 7 heteroatoms. The highest BCUT2D eigenvalue weighted by Crippen LogP contribution is 2.25. The van der Waals surface area contributed by atoms with Crippen molar-refractivity contribution in [1.82, 2.24) is 8.28 Å². The molecule has 3 rings (SSSR count). The van der Waals surface area contributed by atoms with E-state index in [9.17, 15) is 8.42 Å². The molecule has 2 aromatic rings. The Morgan fingerprint density at radius 1 is 1.32 bits per heavy atom. The lowest BCUT2D eigenvalue weighted by Gasteiger charge is -2.23. The molecule has 0 spiro atoms. The van der Waals surface area contributed by atoms with Gasteiger partial charge in [0.25, 0.3) is 6.33 Å². The van der Waals surface area contributed by atoms with E-state index in [4.69, 9.17) is 11.6 Å². The zero-order valence-electron chi connectivity index (χ0n) is 12.2. The second-order valence-corrected chi connectivity index (χ2v) is 7.53. The Balaban J connectivity index is 1.81. The van der Waals surface area contributed by atoms with Gasteiger partial charge in [-0.2, -0.15) is 12.7 Å². The summed E-state index contributed by atoms with van der Waals surface area (Å²) < 4.78 is 29.5. The molecular formula is C15H17ClN3O2S+. The number of rotatable bonds is 3. The zero-order chi connectivity index (χ0) is 15.7. The second kappa shape index (κ2) is 5.87. The molecule has 0 unspecified atom stereocenters. The second-order valence-electron chi connectivity index (χ2n) is 5.26. The fourth-order valence-electron chi connectivity index (χ4n) is 2.51. The number of nitrogens with zero attached hydrogens (tertiary/aromatic N) is 3. The Bertz CT molecular complexity index is 827. The predicted octanol–water partition coefficient (Wildman–Crippen LogP) is 1.85. The van der Waals surface area contributed by atoms with Gasteiger partial charge in [0, 0.05) is 18.1 Å². The molecule has 0 radical (unpaired) electrons. The first-order valence-corrected chi connectivity index (χ1v) is 8.73. The molecule has 0 bridgehead atoms. The SMILES string of the molecule is C[n+]1ccn(S(=O)(=O)N2CC=C(c3cccc(Cl)c3)CC2)c1. The van der Waals surface area contributed by atoms with Gasteiger partial charge in [-0.1, -0.05) is 29.8 Å². The first kappa shape index (κ1) is 15.3. The van der Waals surface area contributed by atoms with Crippen LogP contribution in [0.25, 0.3) is 5.57 Å². The van der Waals surface area contributed by atoms with Crippen molar-refractivity contribution in [2.24, 2.45) is 7.05 Å². The Morgan fingerprint density at radius 2 is 2.14 bits per heavy atom. The Kier molecular flexibility index (Phi) is 4.08. The molecule has 0 saturated carbocycles. The van der Waals surface area contributed by atoms with Crippen molar-refractivity contribution in [3.63, 3.8) is 0 Å². The topological polar surface area (TPSA) is 46.2 Å². The zero-order valence-corrected chi connectivity index (χ0v) is 13.8. The maximum atomic E-state index is 12.5. The van der Waals surface area contributed by atoms with Gasteiger partial charge < -0.3 is 0 Å². The van der Waals surface area contributed by atoms with Crippen molar-refractivity contribution >= 4 is 27.4 Å². The lowest BCUT2D eigenvalue weighted by Crippen LogP contribution is -2.38. The van der Waals surface area contributed by atoms with Crippen LogP contribution in [0.3, 0.4) is 0 Å². The van der Waals surface area contributed by atoms with Crippen LogP contribution in [0.2, 0.25) is 5.02 Å². The van der Waals surface area contributed by atoms with E-state index in [1.165, 1.54) is 8.28 Å². The first-order valence-electron chi connectivity index (χ1n) is 6.96. The highest BCUT2D eigenvalue weighted by molar-refractivity contribution is 7.87. The van der Waals surface area contributed by atoms with Gasteiger partial charge in [0.2, 0.25) is 0 Å². The van der Waals surface area contributed by atoms with Gasteiger partial charge in [-0.05, 0) is 29.7 Å².